The van der Waals surface area contributed by atoms with Crippen molar-refractivity contribution >= 4 is 17.5 Å². The maximum atomic E-state index is 12.1. The first-order valence-electron chi connectivity index (χ1n) is 6.39. The molecule has 3 nitrogen and oxygen atoms in total. The number of carbonyl (C=O) groups excluding carboxylic acids is 1. The van der Waals surface area contributed by atoms with Gasteiger partial charge in [-0.2, -0.15) is 0 Å². The van der Waals surface area contributed by atoms with Crippen molar-refractivity contribution in [1.29, 1.82) is 0 Å². The zero-order valence-corrected chi connectivity index (χ0v) is 11.7. The third-order valence-corrected chi connectivity index (χ3v) is 3.33. The molecule has 1 amide bonds. The molecular weight excluding hydrogens is 274 g/mol. The van der Waals surface area contributed by atoms with E-state index in [9.17, 15) is 9.90 Å². The summed E-state index contributed by atoms with van der Waals surface area (Å²) < 4.78 is 0. The van der Waals surface area contributed by atoms with Crippen LogP contribution in [-0.2, 0) is 6.42 Å². The quantitative estimate of drug-likeness (QED) is 0.832. The smallest absolute Gasteiger partial charge is 0.251 e. The van der Waals surface area contributed by atoms with Crippen LogP contribution in [0.4, 0.5) is 0 Å². The summed E-state index contributed by atoms with van der Waals surface area (Å²) in [7, 11) is 0. The molecule has 2 rings (SSSR count). The highest BCUT2D eigenvalue weighted by atomic mass is 35.5. The van der Waals surface area contributed by atoms with Gasteiger partial charge in [0.15, 0.2) is 0 Å². The van der Waals surface area contributed by atoms with Gasteiger partial charge in [-0.1, -0.05) is 36.4 Å². The number of benzene rings is 2. The van der Waals surface area contributed by atoms with Gasteiger partial charge in [-0.05, 0) is 30.2 Å². The van der Waals surface area contributed by atoms with Crippen molar-refractivity contribution in [3.8, 4) is 5.75 Å². The summed E-state index contributed by atoms with van der Waals surface area (Å²) >= 11 is 5.92. The van der Waals surface area contributed by atoms with Crippen LogP contribution < -0.4 is 5.32 Å². The topological polar surface area (TPSA) is 49.3 Å². The summed E-state index contributed by atoms with van der Waals surface area (Å²) in [6.45, 7) is 0. The Morgan fingerprint density at radius 2 is 1.90 bits per heavy atom. The number of phenols is 1. The Balaban J connectivity index is 2.01. The summed E-state index contributed by atoms with van der Waals surface area (Å²) in [6.07, 6.45) is 0.675. The van der Waals surface area contributed by atoms with Gasteiger partial charge in [0.2, 0.25) is 0 Å². The first-order valence-corrected chi connectivity index (χ1v) is 6.92. The maximum absolute atomic E-state index is 12.1. The number of rotatable bonds is 5. The molecule has 0 spiro atoms. The fourth-order valence-corrected chi connectivity index (χ4v) is 2.14. The SMILES string of the molecule is O=C(NC(CCl)Cc1ccccc1)c1cccc(O)c1. The predicted octanol–water partition coefficient (Wildman–Crippen LogP) is 2.97. The van der Waals surface area contributed by atoms with Crippen LogP contribution in [0.15, 0.2) is 54.6 Å². The van der Waals surface area contributed by atoms with E-state index in [1.54, 1.807) is 12.1 Å². The van der Waals surface area contributed by atoms with E-state index in [2.05, 4.69) is 5.32 Å². The Hall–Kier alpha value is -2.00. The van der Waals surface area contributed by atoms with Crippen LogP contribution in [-0.4, -0.2) is 22.9 Å². The van der Waals surface area contributed by atoms with Gasteiger partial charge < -0.3 is 10.4 Å². The largest absolute Gasteiger partial charge is 0.508 e. The number of aromatic hydroxyl groups is 1. The Morgan fingerprint density at radius 1 is 1.15 bits per heavy atom. The molecule has 4 heteroatoms. The monoisotopic (exact) mass is 289 g/mol. The molecule has 0 heterocycles. The standard InChI is InChI=1S/C16H16ClNO2/c17-11-14(9-12-5-2-1-3-6-12)18-16(20)13-7-4-8-15(19)10-13/h1-8,10,14,19H,9,11H2,(H,18,20). The van der Waals surface area contributed by atoms with Crippen molar-refractivity contribution in [2.75, 3.05) is 5.88 Å². The molecule has 1 atom stereocenters. The van der Waals surface area contributed by atoms with Gasteiger partial charge in [-0.3, -0.25) is 4.79 Å². The lowest BCUT2D eigenvalue weighted by molar-refractivity contribution is 0.0940. The fraction of sp³-hybridized carbons (Fsp3) is 0.188. The van der Waals surface area contributed by atoms with Gasteiger partial charge in [-0.25, -0.2) is 0 Å². The molecule has 0 bridgehead atoms. The van der Waals surface area contributed by atoms with E-state index in [-0.39, 0.29) is 17.7 Å². The van der Waals surface area contributed by atoms with Crippen LogP contribution in [0.5, 0.6) is 5.75 Å². The highest BCUT2D eigenvalue weighted by Crippen LogP contribution is 2.11. The molecule has 104 valence electrons. The zero-order valence-electron chi connectivity index (χ0n) is 10.9. The van der Waals surface area contributed by atoms with Crippen molar-refractivity contribution in [1.82, 2.24) is 5.32 Å². The number of alkyl halides is 1. The molecule has 0 saturated carbocycles. The lowest BCUT2D eigenvalue weighted by atomic mass is 10.1. The number of hydrogen-bond donors (Lipinski definition) is 2. The molecule has 0 fully saturated rings. The molecule has 1 unspecified atom stereocenters. The van der Waals surface area contributed by atoms with E-state index >= 15 is 0 Å². The Kier molecular flexibility index (Phi) is 5.02. The van der Waals surface area contributed by atoms with Crippen LogP contribution >= 0.6 is 11.6 Å². The molecule has 2 aromatic carbocycles. The Morgan fingerprint density at radius 3 is 2.55 bits per heavy atom. The van der Waals surface area contributed by atoms with Crippen molar-refractivity contribution in [2.45, 2.75) is 12.5 Å². The third-order valence-electron chi connectivity index (χ3n) is 2.95. The first kappa shape index (κ1) is 14.4. The van der Waals surface area contributed by atoms with Crippen LogP contribution in [0.3, 0.4) is 0 Å². The van der Waals surface area contributed by atoms with Crippen LogP contribution in [0, 0.1) is 0 Å². The molecule has 0 saturated heterocycles. The van der Waals surface area contributed by atoms with Gasteiger partial charge in [0, 0.05) is 17.5 Å². The number of carbonyl (C=O) groups is 1. The average Bonchev–Trinajstić information content (AvgIpc) is 2.47. The summed E-state index contributed by atoms with van der Waals surface area (Å²) in [4.78, 5) is 12.1. The lowest BCUT2D eigenvalue weighted by Crippen LogP contribution is -2.37. The van der Waals surface area contributed by atoms with Crippen LogP contribution in [0.1, 0.15) is 15.9 Å². The van der Waals surface area contributed by atoms with Crippen LogP contribution in [0.25, 0.3) is 0 Å². The molecule has 2 aromatic rings. The van der Waals surface area contributed by atoms with E-state index in [0.29, 0.717) is 17.9 Å². The predicted molar refractivity (Wildman–Crippen MR) is 80.2 cm³/mol. The third kappa shape index (κ3) is 4.00. The molecule has 20 heavy (non-hydrogen) atoms. The van der Waals surface area contributed by atoms with Crippen molar-refractivity contribution in [3.63, 3.8) is 0 Å². The summed E-state index contributed by atoms with van der Waals surface area (Å²) in [6, 6.07) is 16.0. The average molecular weight is 290 g/mol. The number of phenolic OH excluding ortho intramolecular Hbond substituents is 1. The summed E-state index contributed by atoms with van der Waals surface area (Å²) in [5, 5.41) is 12.3. The Bertz CT molecular complexity index is 572. The normalized spacial score (nSPS) is 11.8. The molecule has 0 aromatic heterocycles. The lowest BCUT2D eigenvalue weighted by Gasteiger charge is -2.16. The summed E-state index contributed by atoms with van der Waals surface area (Å²) in [5.74, 6) is 0.171. The van der Waals surface area contributed by atoms with E-state index in [1.165, 1.54) is 12.1 Å². The van der Waals surface area contributed by atoms with Gasteiger partial charge in [0.1, 0.15) is 5.75 Å². The van der Waals surface area contributed by atoms with Crippen LogP contribution in [0.2, 0.25) is 0 Å². The zero-order chi connectivity index (χ0) is 14.4. The van der Waals surface area contributed by atoms with E-state index < -0.39 is 0 Å². The molecule has 0 aliphatic carbocycles. The molecule has 0 aliphatic rings. The summed E-state index contributed by atoms with van der Waals surface area (Å²) in [5.41, 5.74) is 1.54. The van der Waals surface area contributed by atoms with Gasteiger partial charge >= 0.3 is 0 Å². The second-order valence-electron chi connectivity index (χ2n) is 4.56. The number of nitrogens with one attached hydrogen (secondary N) is 1. The second kappa shape index (κ2) is 6.96. The highest BCUT2D eigenvalue weighted by Gasteiger charge is 2.13. The molecule has 0 radical (unpaired) electrons. The van der Waals surface area contributed by atoms with Gasteiger partial charge in [0.25, 0.3) is 5.91 Å². The minimum Gasteiger partial charge on any atom is -0.508 e. The van der Waals surface area contributed by atoms with Gasteiger partial charge in [-0.15, -0.1) is 11.6 Å². The second-order valence-corrected chi connectivity index (χ2v) is 4.87. The molecule has 0 aliphatic heterocycles. The number of halogens is 1. The van der Waals surface area contributed by atoms with Crippen molar-refractivity contribution in [2.24, 2.45) is 0 Å². The minimum atomic E-state index is -0.234. The Labute approximate surface area is 123 Å². The number of amides is 1. The van der Waals surface area contributed by atoms with Crippen molar-refractivity contribution < 1.29 is 9.90 Å². The fourth-order valence-electron chi connectivity index (χ4n) is 1.96. The first-order chi connectivity index (χ1) is 9.69. The highest BCUT2D eigenvalue weighted by molar-refractivity contribution is 6.18. The van der Waals surface area contributed by atoms with E-state index in [4.69, 9.17) is 11.6 Å². The van der Waals surface area contributed by atoms with E-state index in [0.717, 1.165) is 5.56 Å². The minimum absolute atomic E-state index is 0.0723. The number of hydrogen-bond acceptors (Lipinski definition) is 2. The van der Waals surface area contributed by atoms with Crippen molar-refractivity contribution in [3.05, 3.63) is 65.7 Å². The molecule has 2 N–H and O–H groups in total. The van der Waals surface area contributed by atoms with Gasteiger partial charge in [0.05, 0.1) is 0 Å². The molecular formula is C16H16ClNO2. The van der Waals surface area contributed by atoms with E-state index in [1.807, 2.05) is 30.3 Å². The maximum Gasteiger partial charge on any atom is 0.251 e.